The van der Waals surface area contributed by atoms with Gasteiger partial charge in [-0.05, 0) is 36.3 Å². The molecule has 1 aliphatic carbocycles. The standard InChI is InChI=1S/C15H21NO2/c1-11(2)10-18-16-15(17)14-8-7-12-5-3-4-6-13(12)9-14/h3-6,11,14H,7-10H2,1-2H3,(H,16,17). The minimum Gasteiger partial charge on any atom is -0.273 e. The van der Waals surface area contributed by atoms with Crippen molar-refractivity contribution in [3.05, 3.63) is 35.4 Å². The van der Waals surface area contributed by atoms with Crippen LogP contribution in [0, 0.1) is 11.8 Å². The fraction of sp³-hybridized carbons (Fsp3) is 0.533. The maximum atomic E-state index is 12.0. The largest absolute Gasteiger partial charge is 0.273 e. The molecule has 18 heavy (non-hydrogen) atoms. The molecular formula is C15H21NO2. The summed E-state index contributed by atoms with van der Waals surface area (Å²) < 4.78 is 0. The Morgan fingerprint density at radius 3 is 2.83 bits per heavy atom. The molecule has 3 heteroatoms. The number of carbonyl (C=O) groups excluding carboxylic acids is 1. The lowest BCUT2D eigenvalue weighted by Gasteiger charge is -2.23. The van der Waals surface area contributed by atoms with E-state index in [9.17, 15) is 4.79 Å². The van der Waals surface area contributed by atoms with Gasteiger partial charge in [0.05, 0.1) is 6.61 Å². The minimum atomic E-state index is 0.0187. The van der Waals surface area contributed by atoms with E-state index in [1.54, 1.807) is 0 Å². The molecule has 1 aliphatic rings. The van der Waals surface area contributed by atoms with Crippen LogP contribution in [0.25, 0.3) is 0 Å². The highest BCUT2D eigenvalue weighted by Gasteiger charge is 2.24. The number of benzene rings is 1. The van der Waals surface area contributed by atoms with Gasteiger partial charge in [-0.3, -0.25) is 9.63 Å². The van der Waals surface area contributed by atoms with Gasteiger partial charge in [-0.25, -0.2) is 5.48 Å². The molecule has 1 atom stereocenters. The average molecular weight is 247 g/mol. The SMILES string of the molecule is CC(C)CONC(=O)C1CCc2ccccc2C1. The van der Waals surface area contributed by atoms with Crippen LogP contribution in [0.3, 0.4) is 0 Å². The van der Waals surface area contributed by atoms with Crippen molar-refractivity contribution in [2.75, 3.05) is 6.61 Å². The second kappa shape index (κ2) is 6.01. The van der Waals surface area contributed by atoms with Gasteiger partial charge in [0, 0.05) is 5.92 Å². The molecule has 0 saturated carbocycles. The zero-order chi connectivity index (χ0) is 13.0. The number of amides is 1. The molecule has 0 aliphatic heterocycles. The zero-order valence-electron chi connectivity index (χ0n) is 11.1. The molecule has 0 spiro atoms. The third kappa shape index (κ3) is 3.33. The first kappa shape index (κ1) is 13.1. The van der Waals surface area contributed by atoms with Crippen LogP contribution in [-0.2, 0) is 22.5 Å². The van der Waals surface area contributed by atoms with Crippen LogP contribution in [0.2, 0.25) is 0 Å². The third-order valence-corrected chi connectivity index (χ3v) is 3.31. The lowest BCUT2D eigenvalue weighted by Crippen LogP contribution is -2.34. The lowest BCUT2D eigenvalue weighted by atomic mass is 9.83. The van der Waals surface area contributed by atoms with Gasteiger partial charge in [0.15, 0.2) is 0 Å². The van der Waals surface area contributed by atoms with Crippen LogP contribution in [0.4, 0.5) is 0 Å². The summed E-state index contributed by atoms with van der Waals surface area (Å²) in [6, 6.07) is 8.36. The van der Waals surface area contributed by atoms with Crippen molar-refractivity contribution < 1.29 is 9.63 Å². The Kier molecular flexibility index (Phi) is 4.37. The van der Waals surface area contributed by atoms with E-state index in [0.29, 0.717) is 12.5 Å². The van der Waals surface area contributed by atoms with Crippen molar-refractivity contribution in [1.29, 1.82) is 0 Å². The number of fused-ring (bicyclic) bond motifs is 1. The van der Waals surface area contributed by atoms with Gasteiger partial charge in [-0.1, -0.05) is 38.1 Å². The van der Waals surface area contributed by atoms with Crippen LogP contribution in [0.1, 0.15) is 31.4 Å². The normalized spacial score (nSPS) is 18.5. The molecular weight excluding hydrogens is 226 g/mol. The lowest BCUT2D eigenvalue weighted by molar-refractivity contribution is -0.139. The van der Waals surface area contributed by atoms with Crippen LogP contribution in [0.15, 0.2) is 24.3 Å². The molecule has 1 aromatic rings. The Hall–Kier alpha value is -1.35. The van der Waals surface area contributed by atoms with E-state index in [1.165, 1.54) is 11.1 Å². The van der Waals surface area contributed by atoms with Gasteiger partial charge >= 0.3 is 0 Å². The smallest absolute Gasteiger partial charge is 0.246 e. The van der Waals surface area contributed by atoms with Crippen molar-refractivity contribution in [2.45, 2.75) is 33.1 Å². The molecule has 0 fully saturated rings. The number of hydrogen-bond acceptors (Lipinski definition) is 2. The van der Waals surface area contributed by atoms with E-state index in [2.05, 4.69) is 37.5 Å². The Morgan fingerprint density at radius 2 is 2.11 bits per heavy atom. The molecule has 1 N–H and O–H groups in total. The van der Waals surface area contributed by atoms with Gasteiger partial charge < -0.3 is 0 Å². The Balaban J connectivity index is 1.87. The predicted octanol–water partition coefficient (Wildman–Crippen LogP) is 2.50. The highest BCUT2D eigenvalue weighted by molar-refractivity contribution is 5.78. The Labute approximate surface area is 108 Å². The first-order valence-electron chi connectivity index (χ1n) is 6.65. The van der Waals surface area contributed by atoms with E-state index in [-0.39, 0.29) is 11.8 Å². The van der Waals surface area contributed by atoms with E-state index in [1.807, 2.05) is 6.07 Å². The predicted molar refractivity (Wildman–Crippen MR) is 70.9 cm³/mol. The molecule has 0 aromatic heterocycles. The van der Waals surface area contributed by atoms with Crippen LogP contribution in [0.5, 0.6) is 0 Å². The average Bonchev–Trinajstić information content (AvgIpc) is 2.37. The van der Waals surface area contributed by atoms with Gasteiger partial charge in [0.1, 0.15) is 0 Å². The number of nitrogens with one attached hydrogen (secondary N) is 1. The molecule has 0 saturated heterocycles. The summed E-state index contributed by atoms with van der Waals surface area (Å²) in [6.07, 6.45) is 2.72. The molecule has 0 bridgehead atoms. The summed E-state index contributed by atoms with van der Waals surface area (Å²) >= 11 is 0. The van der Waals surface area contributed by atoms with Crippen LogP contribution < -0.4 is 5.48 Å². The van der Waals surface area contributed by atoms with Crippen molar-refractivity contribution in [2.24, 2.45) is 11.8 Å². The number of hydrogen-bond donors (Lipinski definition) is 1. The summed E-state index contributed by atoms with van der Waals surface area (Å²) in [4.78, 5) is 17.2. The monoisotopic (exact) mass is 247 g/mol. The molecule has 1 amide bonds. The Morgan fingerprint density at radius 1 is 1.39 bits per heavy atom. The molecule has 1 unspecified atom stereocenters. The van der Waals surface area contributed by atoms with Gasteiger partial charge in [-0.2, -0.15) is 0 Å². The molecule has 0 heterocycles. The fourth-order valence-corrected chi connectivity index (χ4v) is 2.28. The van der Waals surface area contributed by atoms with Crippen molar-refractivity contribution in [1.82, 2.24) is 5.48 Å². The van der Waals surface area contributed by atoms with E-state index < -0.39 is 0 Å². The van der Waals surface area contributed by atoms with Gasteiger partial charge in [-0.15, -0.1) is 0 Å². The Bertz CT molecular complexity index is 415. The molecule has 1 aromatic carbocycles. The van der Waals surface area contributed by atoms with E-state index in [4.69, 9.17) is 4.84 Å². The molecule has 2 rings (SSSR count). The summed E-state index contributed by atoms with van der Waals surface area (Å²) in [5, 5.41) is 0. The highest BCUT2D eigenvalue weighted by Crippen LogP contribution is 2.25. The van der Waals surface area contributed by atoms with Crippen molar-refractivity contribution in [3.8, 4) is 0 Å². The minimum absolute atomic E-state index is 0.0187. The molecule has 3 nitrogen and oxygen atoms in total. The molecule has 98 valence electrons. The summed E-state index contributed by atoms with van der Waals surface area (Å²) in [7, 11) is 0. The van der Waals surface area contributed by atoms with Crippen LogP contribution >= 0.6 is 0 Å². The quantitative estimate of drug-likeness (QED) is 0.830. The van der Waals surface area contributed by atoms with E-state index in [0.717, 1.165) is 19.3 Å². The topological polar surface area (TPSA) is 38.3 Å². The van der Waals surface area contributed by atoms with Crippen LogP contribution in [-0.4, -0.2) is 12.5 Å². The zero-order valence-corrected chi connectivity index (χ0v) is 11.1. The number of aryl methyl sites for hydroxylation is 1. The maximum absolute atomic E-state index is 12.0. The number of carbonyl (C=O) groups is 1. The first-order chi connectivity index (χ1) is 8.66. The van der Waals surface area contributed by atoms with E-state index >= 15 is 0 Å². The molecule has 0 radical (unpaired) electrons. The third-order valence-electron chi connectivity index (χ3n) is 3.31. The maximum Gasteiger partial charge on any atom is 0.246 e. The second-order valence-electron chi connectivity index (χ2n) is 5.38. The summed E-state index contributed by atoms with van der Waals surface area (Å²) in [5.74, 6) is 0.495. The number of rotatable bonds is 4. The van der Waals surface area contributed by atoms with Crippen molar-refractivity contribution >= 4 is 5.91 Å². The van der Waals surface area contributed by atoms with Gasteiger partial charge in [0.25, 0.3) is 0 Å². The van der Waals surface area contributed by atoms with Gasteiger partial charge in [0.2, 0.25) is 5.91 Å². The first-order valence-corrected chi connectivity index (χ1v) is 6.65. The highest BCUT2D eigenvalue weighted by atomic mass is 16.6. The second-order valence-corrected chi connectivity index (χ2v) is 5.38. The van der Waals surface area contributed by atoms with Crippen molar-refractivity contribution in [3.63, 3.8) is 0 Å². The number of hydroxylamine groups is 1. The summed E-state index contributed by atoms with van der Waals surface area (Å²) in [6.45, 7) is 4.68. The fourth-order valence-electron chi connectivity index (χ4n) is 2.28. The summed E-state index contributed by atoms with van der Waals surface area (Å²) in [5.41, 5.74) is 5.25.